The number of amides is 1. The molecule has 0 saturated heterocycles. The second-order valence-electron chi connectivity index (χ2n) is 6.41. The zero-order valence-electron chi connectivity index (χ0n) is 15.6. The lowest BCUT2D eigenvalue weighted by atomic mass is 10.1. The molecule has 0 aliphatic carbocycles. The highest BCUT2D eigenvalue weighted by Gasteiger charge is 2.15. The Labute approximate surface area is 166 Å². The summed E-state index contributed by atoms with van der Waals surface area (Å²) in [7, 11) is 0. The van der Waals surface area contributed by atoms with Gasteiger partial charge in [-0.25, -0.2) is 10.8 Å². The summed E-state index contributed by atoms with van der Waals surface area (Å²) < 4.78 is 6.62. The van der Waals surface area contributed by atoms with Gasteiger partial charge in [-0.05, 0) is 68.1 Å². The number of ether oxygens (including phenoxy) is 1. The number of nitrogens with zero attached hydrogens (tertiary/aromatic N) is 1. The highest BCUT2D eigenvalue weighted by Crippen LogP contribution is 2.34. The fourth-order valence-corrected chi connectivity index (χ4v) is 3.92. The summed E-state index contributed by atoms with van der Waals surface area (Å²) in [5.74, 6) is 5.84. The van der Waals surface area contributed by atoms with Gasteiger partial charge in [-0.2, -0.15) is 0 Å². The molecule has 0 radical (unpaired) electrons. The van der Waals surface area contributed by atoms with Crippen LogP contribution in [0.5, 0.6) is 5.75 Å². The van der Waals surface area contributed by atoms with Gasteiger partial charge in [0, 0.05) is 10.7 Å². The molecule has 3 aromatic rings. The van der Waals surface area contributed by atoms with Crippen LogP contribution < -0.4 is 21.3 Å². The number of hydrogen-bond acceptors (Lipinski definition) is 6. The molecule has 1 amide bonds. The third-order valence-corrected chi connectivity index (χ3v) is 6.00. The smallest absolute Gasteiger partial charge is 0.262 e. The largest absolute Gasteiger partial charge is 0.484 e. The van der Waals surface area contributed by atoms with Crippen LogP contribution >= 0.6 is 22.9 Å². The molecule has 1 heterocycles. The van der Waals surface area contributed by atoms with Gasteiger partial charge in [-0.3, -0.25) is 10.2 Å². The molecule has 0 bridgehead atoms. The van der Waals surface area contributed by atoms with Crippen LogP contribution in [0.1, 0.15) is 22.3 Å². The van der Waals surface area contributed by atoms with Gasteiger partial charge >= 0.3 is 0 Å². The summed E-state index contributed by atoms with van der Waals surface area (Å²) in [6.07, 6.45) is 0. The van der Waals surface area contributed by atoms with Crippen molar-refractivity contribution in [2.75, 3.05) is 17.3 Å². The lowest BCUT2D eigenvalue weighted by Crippen LogP contribution is -2.21. The van der Waals surface area contributed by atoms with Crippen molar-refractivity contribution in [1.82, 2.24) is 4.98 Å². The molecule has 27 heavy (non-hydrogen) atoms. The van der Waals surface area contributed by atoms with Gasteiger partial charge in [0.25, 0.3) is 5.91 Å². The van der Waals surface area contributed by atoms with Crippen molar-refractivity contribution in [3.8, 4) is 5.75 Å². The van der Waals surface area contributed by atoms with Crippen LogP contribution in [0, 0.1) is 27.7 Å². The lowest BCUT2D eigenvalue weighted by molar-refractivity contribution is -0.118. The molecule has 0 saturated carbocycles. The normalized spacial score (nSPS) is 10.9. The molecule has 0 fully saturated rings. The van der Waals surface area contributed by atoms with E-state index in [0.29, 0.717) is 15.9 Å². The van der Waals surface area contributed by atoms with Crippen LogP contribution in [0.15, 0.2) is 18.2 Å². The molecular formula is C19H21ClN4O2S. The quantitative estimate of drug-likeness (QED) is 0.430. The van der Waals surface area contributed by atoms with E-state index in [9.17, 15) is 4.79 Å². The van der Waals surface area contributed by atoms with Crippen molar-refractivity contribution in [3.63, 3.8) is 0 Å². The molecule has 1 aromatic heterocycles. The van der Waals surface area contributed by atoms with Gasteiger partial charge < -0.3 is 10.1 Å². The van der Waals surface area contributed by atoms with Gasteiger partial charge in [-0.1, -0.05) is 22.9 Å². The number of nitrogen functional groups attached to an aromatic ring is 1. The molecule has 0 unspecified atom stereocenters. The first kappa shape index (κ1) is 19.4. The Morgan fingerprint density at radius 2 is 1.85 bits per heavy atom. The van der Waals surface area contributed by atoms with E-state index in [1.54, 1.807) is 0 Å². The number of hydrogen-bond donors (Lipinski definition) is 3. The molecule has 0 aliphatic heterocycles. The van der Waals surface area contributed by atoms with Crippen molar-refractivity contribution in [2.45, 2.75) is 27.7 Å². The zero-order valence-corrected chi connectivity index (χ0v) is 17.1. The minimum Gasteiger partial charge on any atom is -0.484 e. The zero-order chi connectivity index (χ0) is 19.7. The molecular weight excluding hydrogens is 384 g/mol. The highest BCUT2D eigenvalue weighted by atomic mass is 35.5. The number of aryl methyl sites for hydroxylation is 4. The van der Waals surface area contributed by atoms with E-state index in [1.807, 2.05) is 45.9 Å². The van der Waals surface area contributed by atoms with Gasteiger partial charge in [0.05, 0.1) is 10.2 Å². The third kappa shape index (κ3) is 4.00. The Kier molecular flexibility index (Phi) is 5.55. The Balaban J connectivity index is 1.76. The van der Waals surface area contributed by atoms with E-state index in [-0.39, 0.29) is 12.5 Å². The maximum absolute atomic E-state index is 12.4. The maximum atomic E-state index is 12.4. The minimum absolute atomic E-state index is 0.0876. The van der Waals surface area contributed by atoms with Crippen molar-refractivity contribution in [2.24, 2.45) is 5.84 Å². The summed E-state index contributed by atoms with van der Waals surface area (Å²) in [5.41, 5.74) is 7.90. The van der Waals surface area contributed by atoms with E-state index >= 15 is 0 Å². The molecule has 0 atom stereocenters. The van der Waals surface area contributed by atoms with E-state index in [4.69, 9.17) is 22.2 Å². The first-order valence-corrected chi connectivity index (χ1v) is 9.56. The maximum Gasteiger partial charge on any atom is 0.262 e. The number of nitrogens with one attached hydrogen (secondary N) is 2. The molecule has 2 aromatic carbocycles. The summed E-state index contributed by atoms with van der Waals surface area (Å²) in [4.78, 5) is 16.8. The highest BCUT2D eigenvalue weighted by molar-refractivity contribution is 7.22. The van der Waals surface area contributed by atoms with Crippen LogP contribution in [-0.2, 0) is 4.79 Å². The number of anilines is 2. The number of carbonyl (C=O) groups excluding carboxylic acids is 1. The van der Waals surface area contributed by atoms with Crippen LogP contribution in [0.3, 0.4) is 0 Å². The first-order valence-electron chi connectivity index (χ1n) is 8.37. The molecule has 6 nitrogen and oxygen atoms in total. The Bertz CT molecular complexity index is 1010. The number of benzene rings is 2. The van der Waals surface area contributed by atoms with E-state index in [0.717, 1.165) is 38.2 Å². The van der Waals surface area contributed by atoms with E-state index < -0.39 is 0 Å². The average molecular weight is 405 g/mol. The average Bonchev–Trinajstić information content (AvgIpc) is 3.04. The Hall–Kier alpha value is -2.35. The number of rotatable bonds is 5. The first-order chi connectivity index (χ1) is 12.8. The van der Waals surface area contributed by atoms with Gasteiger partial charge in [0.2, 0.25) is 0 Å². The van der Waals surface area contributed by atoms with Gasteiger partial charge in [0.15, 0.2) is 11.7 Å². The van der Waals surface area contributed by atoms with Crippen molar-refractivity contribution >= 4 is 49.9 Å². The number of halogens is 1. The molecule has 3 rings (SSSR count). The summed E-state index contributed by atoms with van der Waals surface area (Å²) in [6.45, 7) is 7.61. The predicted molar refractivity (Wildman–Crippen MR) is 112 cm³/mol. The monoisotopic (exact) mass is 404 g/mol. The fourth-order valence-electron chi connectivity index (χ4n) is 2.95. The Morgan fingerprint density at radius 1 is 1.19 bits per heavy atom. The minimum atomic E-state index is -0.229. The number of nitrogens with two attached hydrogens (primary N) is 1. The van der Waals surface area contributed by atoms with Crippen LogP contribution in [0.2, 0.25) is 5.02 Å². The molecule has 4 N–H and O–H groups in total. The van der Waals surface area contributed by atoms with Crippen molar-refractivity contribution in [1.29, 1.82) is 0 Å². The van der Waals surface area contributed by atoms with Crippen LogP contribution in [0.25, 0.3) is 10.2 Å². The topological polar surface area (TPSA) is 89.3 Å². The molecule has 0 spiro atoms. The second kappa shape index (κ2) is 7.72. The van der Waals surface area contributed by atoms with Gasteiger partial charge in [-0.15, -0.1) is 0 Å². The van der Waals surface area contributed by atoms with Crippen molar-refractivity contribution in [3.05, 3.63) is 45.5 Å². The third-order valence-electron chi connectivity index (χ3n) is 4.28. The molecule has 8 heteroatoms. The number of carbonyl (C=O) groups is 1. The van der Waals surface area contributed by atoms with Crippen LogP contribution in [0.4, 0.5) is 10.8 Å². The van der Waals surface area contributed by atoms with Crippen molar-refractivity contribution < 1.29 is 9.53 Å². The van der Waals surface area contributed by atoms with Gasteiger partial charge in [0.1, 0.15) is 5.75 Å². The van der Waals surface area contributed by atoms with Crippen LogP contribution in [-0.4, -0.2) is 17.5 Å². The number of aromatic nitrogens is 1. The standard InChI is InChI=1S/C19H21ClN4O2S/c1-9-5-13(6-10(2)16(9)20)26-8-15(25)23-17-11(3)7-14-18(12(17)4)27-19(22-14)24-21/h5-7H,8,21H2,1-4H3,(H,22,24)(H,23,25). The number of hydrazine groups is 1. The summed E-state index contributed by atoms with van der Waals surface area (Å²) in [6, 6.07) is 5.58. The molecule has 0 aliphatic rings. The summed E-state index contributed by atoms with van der Waals surface area (Å²) in [5, 5.41) is 4.29. The van der Waals surface area contributed by atoms with E-state index in [1.165, 1.54) is 11.3 Å². The Morgan fingerprint density at radius 3 is 2.48 bits per heavy atom. The lowest BCUT2D eigenvalue weighted by Gasteiger charge is -2.13. The predicted octanol–water partition coefficient (Wildman–Crippen LogP) is 4.49. The fraction of sp³-hybridized carbons (Fsp3) is 0.263. The number of fused-ring (bicyclic) bond motifs is 1. The SMILES string of the molecule is Cc1cc(OCC(=O)Nc2c(C)cc3nc(NN)sc3c2C)cc(C)c1Cl. The summed E-state index contributed by atoms with van der Waals surface area (Å²) >= 11 is 7.61. The molecule has 142 valence electrons. The second-order valence-corrected chi connectivity index (χ2v) is 7.79. The van der Waals surface area contributed by atoms with E-state index in [2.05, 4.69) is 15.7 Å². The number of thiazole rings is 1.